The van der Waals surface area contributed by atoms with E-state index in [4.69, 9.17) is 0 Å². The molecular formula is C10H14N4Na4O14. The molecular weight excluding hydrogens is 492 g/mol. The summed E-state index contributed by atoms with van der Waals surface area (Å²) in [5, 5.41) is 106. The molecule has 0 bridgehead atoms. The van der Waals surface area contributed by atoms with Crippen molar-refractivity contribution < 1.29 is 188 Å². The number of hydrogen-bond donors (Lipinski definition) is 10. The van der Waals surface area contributed by atoms with Gasteiger partial charge in [0.25, 0.3) is 0 Å². The molecule has 18 nitrogen and oxygen atoms in total. The Balaban J connectivity index is -0.000000607. The van der Waals surface area contributed by atoms with Crippen LogP contribution in [0.15, 0.2) is 0 Å². The summed E-state index contributed by atoms with van der Waals surface area (Å²) in [7, 11) is 0. The maximum atomic E-state index is 10.9. The first-order chi connectivity index (χ1) is 12.5. The fraction of sp³-hybridized carbons (Fsp3) is 0.600. The van der Waals surface area contributed by atoms with E-state index in [2.05, 4.69) is 0 Å². The monoisotopic (exact) mass is 506 g/mol. The second-order valence-corrected chi connectivity index (χ2v) is 5.11. The molecule has 0 saturated carbocycles. The molecule has 0 aliphatic rings. The fourth-order valence-corrected chi connectivity index (χ4v) is 2.11. The van der Waals surface area contributed by atoms with Gasteiger partial charge in [-0.25, -0.2) is 0 Å². The van der Waals surface area contributed by atoms with Gasteiger partial charge in [-0.2, -0.15) is 0 Å². The number of carbonyl (C=O) groups is 4. The number of amides is 4. The topological polar surface area (TPSA) is 330 Å². The molecule has 0 aliphatic heterocycles. The summed E-state index contributed by atoms with van der Waals surface area (Å²) in [6.07, 6.45) is -10.6. The summed E-state index contributed by atoms with van der Waals surface area (Å²) in [5.41, 5.74) is -17.3. The van der Waals surface area contributed by atoms with Crippen LogP contribution in [0.2, 0.25) is 0 Å². The van der Waals surface area contributed by atoms with E-state index in [1.54, 1.807) is 0 Å². The Morgan fingerprint density at radius 3 is 0.844 bits per heavy atom. The van der Waals surface area contributed by atoms with Crippen molar-refractivity contribution >= 4 is 24.4 Å². The van der Waals surface area contributed by atoms with Gasteiger partial charge < -0.3 is 91.5 Å². The van der Waals surface area contributed by atoms with Crippen molar-refractivity contribution in [2.75, 3.05) is 13.2 Å². The summed E-state index contributed by atoms with van der Waals surface area (Å²) >= 11 is 0. The minimum atomic E-state index is -4.56. The maximum absolute atomic E-state index is 10.9. The number of hydrogen-bond acceptors (Lipinski definition) is 14. The quantitative estimate of drug-likeness (QED) is 0.103. The first-order valence-electron chi connectivity index (χ1n) is 6.62. The largest absolute Gasteiger partial charge is 1.00 e. The van der Waals surface area contributed by atoms with Gasteiger partial charge in [0.1, 0.15) is 24.4 Å². The van der Waals surface area contributed by atoms with E-state index in [1.165, 1.54) is 0 Å². The van der Waals surface area contributed by atoms with Crippen LogP contribution >= 0.6 is 0 Å². The van der Waals surface area contributed by atoms with Crippen LogP contribution in [-0.2, 0) is 0 Å². The van der Waals surface area contributed by atoms with Crippen LogP contribution in [0.25, 0.3) is 0 Å². The first kappa shape index (κ1) is 43.0. The average molecular weight is 506 g/mol. The third-order valence-electron chi connectivity index (χ3n) is 3.36. The van der Waals surface area contributed by atoms with Crippen LogP contribution in [0.5, 0.6) is 0 Å². The van der Waals surface area contributed by atoms with Crippen molar-refractivity contribution in [2.45, 2.75) is 22.9 Å². The Morgan fingerprint density at radius 1 is 0.531 bits per heavy atom. The number of carbonyl (C=O) groups excluding carboxylic acids is 4. The number of rotatable bonds is 9. The van der Waals surface area contributed by atoms with Crippen molar-refractivity contribution in [2.24, 2.45) is 0 Å². The minimum absolute atomic E-state index is 0. The number of carboxylic acid groups (broad SMARTS) is 4. The number of aliphatic hydroxyl groups is 6. The molecule has 162 valence electrons. The molecule has 0 saturated heterocycles. The minimum Gasteiger partial charge on any atom is -0.530 e. The Labute approximate surface area is 266 Å². The van der Waals surface area contributed by atoms with Gasteiger partial charge in [-0.15, -0.1) is 0 Å². The smallest absolute Gasteiger partial charge is 0.530 e. The van der Waals surface area contributed by atoms with Crippen molar-refractivity contribution in [1.29, 1.82) is 0 Å². The van der Waals surface area contributed by atoms with Crippen molar-refractivity contribution in [3.8, 4) is 0 Å². The third kappa shape index (κ3) is 9.47. The molecule has 0 unspecified atom stereocenters. The Hall–Kier alpha value is 0.840. The second kappa shape index (κ2) is 16.5. The summed E-state index contributed by atoms with van der Waals surface area (Å²) in [5.74, 6) is 0. The van der Waals surface area contributed by atoms with E-state index < -0.39 is 60.5 Å². The molecule has 0 aromatic carbocycles. The molecule has 0 rings (SSSR count). The molecule has 0 aliphatic carbocycles. The summed E-state index contributed by atoms with van der Waals surface area (Å²) < 4.78 is 0. The Kier molecular flexibility index (Phi) is 22.1. The molecule has 0 fully saturated rings. The fourth-order valence-electron chi connectivity index (χ4n) is 2.11. The van der Waals surface area contributed by atoms with Crippen LogP contribution in [0.3, 0.4) is 0 Å². The van der Waals surface area contributed by atoms with Gasteiger partial charge in [0, 0.05) is 0 Å². The van der Waals surface area contributed by atoms with Gasteiger partial charge >= 0.3 is 118 Å². The second-order valence-electron chi connectivity index (χ2n) is 5.11. The van der Waals surface area contributed by atoms with E-state index in [9.17, 15) is 70.2 Å². The Bertz CT molecular complexity index is 609. The average Bonchev–Trinajstić information content (AvgIpc) is 2.51. The molecule has 10 N–H and O–H groups in total. The number of nitrogens with one attached hydrogen (secondary N) is 4. The standard InChI is InChI=1S/C10H18N4O14.4Na/c15-1-7(25,11-3(17)18)9(27,13-5(21)22)10(28,14-6(23)24)8(26,2-16)12-4(19)20;;;;/h11-16,25-28H,1-2H2,(H,17,18)(H,19,20)(H,21,22)(H,23,24);;;;/q;4*+1/p-4/t7-,8-,9-,10-;;;;/m1..../s1. The van der Waals surface area contributed by atoms with Crippen LogP contribution < -0.4 is 160 Å². The zero-order valence-electron chi connectivity index (χ0n) is 17.4. The maximum Gasteiger partial charge on any atom is 1.00 e. The molecule has 0 aromatic rings. The van der Waals surface area contributed by atoms with Crippen LogP contribution in [0, 0.1) is 0 Å². The normalized spacial score (nSPS) is 17.1. The molecule has 32 heavy (non-hydrogen) atoms. The van der Waals surface area contributed by atoms with Crippen LogP contribution in [-0.4, -0.2) is 91.1 Å². The van der Waals surface area contributed by atoms with Crippen LogP contribution in [0.4, 0.5) is 19.2 Å². The molecule has 0 heterocycles. The molecule has 0 radical (unpaired) electrons. The van der Waals surface area contributed by atoms with Gasteiger partial charge in [0.05, 0.1) is 13.2 Å². The predicted octanol–water partition coefficient (Wildman–Crippen LogP) is -22.5. The van der Waals surface area contributed by atoms with Gasteiger partial charge in [-0.3, -0.25) is 0 Å². The predicted molar refractivity (Wildman–Crippen MR) is 68.1 cm³/mol. The van der Waals surface area contributed by atoms with Gasteiger partial charge in [0.15, 0.2) is 0 Å². The SMILES string of the molecule is O=C([O-])N[C@](O)([C@@](O)(NC(=O)[O-])[C@](O)(CO)NC(=O)[O-])[C@](O)(CO)NC(=O)[O-].[Na+].[Na+].[Na+].[Na+]. The molecule has 0 aromatic heterocycles. The van der Waals surface area contributed by atoms with Crippen LogP contribution in [0.1, 0.15) is 0 Å². The zero-order chi connectivity index (χ0) is 22.6. The molecule has 4 amide bonds. The van der Waals surface area contributed by atoms with Gasteiger partial charge in [-0.05, 0) is 0 Å². The van der Waals surface area contributed by atoms with E-state index in [1.807, 2.05) is 0 Å². The third-order valence-corrected chi connectivity index (χ3v) is 3.36. The van der Waals surface area contributed by atoms with Crippen molar-refractivity contribution in [3.05, 3.63) is 0 Å². The van der Waals surface area contributed by atoms with Gasteiger partial charge in [0.2, 0.25) is 22.9 Å². The number of aliphatic hydroxyl groups excluding tert-OH is 2. The first-order valence-corrected chi connectivity index (χ1v) is 6.62. The van der Waals surface area contributed by atoms with Gasteiger partial charge in [-0.1, -0.05) is 0 Å². The van der Waals surface area contributed by atoms with Crippen molar-refractivity contribution in [3.63, 3.8) is 0 Å². The van der Waals surface area contributed by atoms with E-state index in [-0.39, 0.29) is 118 Å². The van der Waals surface area contributed by atoms with E-state index >= 15 is 0 Å². The zero-order valence-corrected chi connectivity index (χ0v) is 25.4. The summed E-state index contributed by atoms with van der Waals surface area (Å²) in [4.78, 5) is 43.1. The molecule has 4 atom stereocenters. The molecule has 0 spiro atoms. The summed E-state index contributed by atoms with van der Waals surface area (Å²) in [6, 6.07) is 0. The molecule has 22 heteroatoms. The summed E-state index contributed by atoms with van der Waals surface area (Å²) in [6.45, 7) is -4.19. The van der Waals surface area contributed by atoms with Crippen molar-refractivity contribution in [1.82, 2.24) is 21.3 Å². The van der Waals surface area contributed by atoms with E-state index in [0.29, 0.717) is 10.6 Å². The van der Waals surface area contributed by atoms with E-state index in [0.717, 1.165) is 10.6 Å². The Morgan fingerprint density at radius 2 is 0.719 bits per heavy atom.